The summed E-state index contributed by atoms with van der Waals surface area (Å²) in [5, 5.41) is 10.2. The summed E-state index contributed by atoms with van der Waals surface area (Å²) >= 11 is 1.77. The molecule has 20 heavy (non-hydrogen) atoms. The molecule has 0 aliphatic rings. The van der Waals surface area contributed by atoms with E-state index in [1.807, 2.05) is 6.20 Å². The normalized spacial score (nSPS) is 12.6. The molecule has 110 valence electrons. The predicted octanol–water partition coefficient (Wildman–Crippen LogP) is 3.45. The van der Waals surface area contributed by atoms with Gasteiger partial charge in [0.1, 0.15) is 5.69 Å². The average Bonchev–Trinajstić information content (AvgIpc) is 3.10. The molecule has 0 bridgehead atoms. The van der Waals surface area contributed by atoms with Crippen LogP contribution >= 0.6 is 11.3 Å². The highest BCUT2D eigenvalue weighted by Crippen LogP contribution is 2.32. The molecule has 0 amide bonds. The fourth-order valence-electron chi connectivity index (χ4n) is 2.29. The van der Waals surface area contributed by atoms with E-state index < -0.39 is 0 Å². The largest absolute Gasteiger partial charge is 0.493 e. The second-order valence-corrected chi connectivity index (χ2v) is 5.70. The Morgan fingerprint density at radius 3 is 2.85 bits per heavy atom. The number of hydrogen-bond donors (Lipinski definition) is 1. The van der Waals surface area contributed by atoms with Gasteiger partial charge in [-0.2, -0.15) is 5.10 Å². The Balaban J connectivity index is 2.38. The summed E-state index contributed by atoms with van der Waals surface area (Å²) in [5.41, 5.74) is 1.13. The van der Waals surface area contributed by atoms with Crippen molar-refractivity contribution >= 4 is 11.3 Å². The summed E-state index contributed by atoms with van der Waals surface area (Å²) in [5.74, 6) is 0.862. The molecule has 0 aliphatic heterocycles. The third kappa shape index (κ3) is 3.22. The predicted molar refractivity (Wildman–Crippen MR) is 83.5 cm³/mol. The van der Waals surface area contributed by atoms with E-state index >= 15 is 0 Å². The van der Waals surface area contributed by atoms with Gasteiger partial charge in [-0.25, -0.2) is 0 Å². The number of rotatable bonds is 8. The Morgan fingerprint density at radius 1 is 1.40 bits per heavy atom. The minimum absolute atomic E-state index is 0.152. The van der Waals surface area contributed by atoms with Crippen LogP contribution in [0.4, 0.5) is 0 Å². The smallest absolute Gasteiger partial charge is 0.161 e. The lowest BCUT2D eigenvalue weighted by atomic mass is 10.1. The molecule has 5 heteroatoms. The van der Waals surface area contributed by atoms with Crippen molar-refractivity contribution < 1.29 is 4.74 Å². The third-order valence-corrected chi connectivity index (χ3v) is 4.14. The molecule has 0 saturated heterocycles. The van der Waals surface area contributed by atoms with E-state index in [2.05, 4.69) is 46.5 Å². The summed E-state index contributed by atoms with van der Waals surface area (Å²) in [6.07, 6.45) is 3.98. The van der Waals surface area contributed by atoms with Crippen LogP contribution in [0, 0.1) is 0 Å². The monoisotopic (exact) mass is 293 g/mol. The van der Waals surface area contributed by atoms with Crippen LogP contribution in [0.1, 0.15) is 43.3 Å². The lowest BCUT2D eigenvalue weighted by Crippen LogP contribution is -2.25. The van der Waals surface area contributed by atoms with Crippen molar-refractivity contribution in [2.45, 2.75) is 39.3 Å². The first-order valence-corrected chi connectivity index (χ1v) is 8.06. The number of methoxy groups -OCH3 is 1. The fraction of sp³-hybridized carbons (Fsp3) is 0.533. The molecule has 0 fully saturated rings. The lowest BCUT2D eigenvalue weighted by molar-refractivity contribution is 0.398. The quantitative estimate of drug-likeness (QED) is 0.810. The fourth-order valence-corrected chi connectivity index (χ4v) is 3.09. The first-order chi connectivity index (χ1) is 9.81. The molecule has 1 unspecified atom stereocenters. The molecule has 0 aromatic carbocycles. The Bertz CT molecular complexity index is 507. The van der Waals surface area contributed by atoms with Gasteiger partial charge in [-0.15, -0.1) is 11.3 Å². The molecule has 1 atom stereocenters. The molecule has 1 N–H and O–H groups in total. The topological polar surface area (TPSA) is 39.1 Å². The van der Waals surface area contributed by atoms with Crippen LogP contribution < -0.4 is 10.1 Å². The van der Waals surface area contributed by atoms with Gasteiger partial charge in [0.15, 0.2) is 5.75 Å². The van der Waals surface area contributed by atoms with Crippen molar-refractivity contribution in [3.05, 3.63) is 34.3 Å². The van der Waals surface area contributed by atoms with Gasteiger partial charge in [0.2, 0.25) is 0 Å². The molecule has 2 rings (SSSR count). The van der Waals surface area contributed by atoms with E-state index in [1.54, 1.807) is 18.4 Å². The van der Waals surface area contributed by atoms with Crippen LogP contribution in [0.25, 0.3) is 0 Å². The van der Waals surface area contributed by atoms with Gasteiger partial charge >= 0.3 is 0 Å². The van der Waals surface area contributed by atoms with Gasteiger partial charge < -0.3 is 10.1 Å². The van der Waals surface area contributed by atoms with Crippen molar-refractivity contribution in [2.75, 3.05) is 13.7 Å². The molecule has 2 aromatic heterocycles. The summed E-state index contributed by atoms with van der Waals surface area (Å²) in [6, 6.07) is 4.41. The van der Waals surface area contributed by atoms with Crippen LogP contribution in [-0.2, 0) is 6.54 Å². The molecule has 2 heterocycles. The second kappa shape index (κ2) is 7.45. The molecular formula is C15H23N3OS. The van der Waals surface area contributed by atoms with Gasteiger partial charge in [0.25, 0.3) is 0 Å². The van der Waals surface area contributed by atoms with Gasteiger partial charge in [-0.05, 0) is 30.8 Å². The number of aromatic nitrogens is 2. The first kappa shape index (κ1) is 15.1. The maximum Gasteiger partial charge on any atom is 0.161 e. The highest BCUT2D eigenvalue weighted by atomic mass is 32.1. The first-order valence-electron chi connectivity index (χ1n) is 7.18. The van der Waals surface area contributed by atoms with E-state index in [0.29, 0.717) is 0 Å². The summed E-state index contributed by atoms with van der Waals surface area (Å²) in [6.45, 7) is 6.23. The van der Waals surface area contributed by atoms with Gasteiger partial charge in [0.05, 0.1) is 19.3 Å². The van der Waals surface area contributed by atoms with Crippen LogP contribution in [-0.4, -0.2) is 23.4 Å². The summed E-state index contributed by atoms with van der Waals surface area (Å²) < 4.78 is 7.57. The van der Waals surface area contributed by atoms with Crippen LogP contribution in [0.15, 0.2) is 23.7 Å². The highest BCUT2D eigenvalue weighted by molar-refractivity contribution is 7.10. The Hall–Kier alpha value is -1.33. The zero-order valence-electron chi connectivity index (χ0n) is 12.4. The van der Waals surface area contributed by atoms with Crippen LogP contribution in [0.3, 0.4) is 0 Å². The van der Waals surface area contributed by atoms with Crippen molar-refractivity contribution in [3.63, 3.8) is 0 Å². The van der Waals surface area contributed by atoms with E-state index in [1.165, 1.54) is 4.88 Å². The Labute approximate surface area is 124 Å². The number of thiophene rings is 1. The number of nitrogens with one attached hydrogen (secondary N) is 1. The second-order valence-electron chi connectivity index (χ2n) is 4.72. The molecule has 0 spiro atoms. The Kier molecular flexibility index (Phi) is 5.61. The van der Waals surface area contributed by atoms with Gasteiger partial charge in [-0.1, -0.05) is 19.9 Å². The summed E-state index contributed by atoms with van der Waals surface area (Å²) in [7, 11) is 1.71. The summed E-state index contributed by atoms with van der Waals surface area (Å²) in [4.78, 5) is 1.30. The average molecular weight is 293 g/mol. The Morgan fingerprint density at radius 2 is 2.25 bits per heavy atom. The number of aryl methyl sites for hydroxylation is 1. The molecule has 0 aliphatic carbocycles. The van der Waals surface area contributed by atoms with Crippen molar-refractivity contribution in [3.8, 4) is 5.75 Å². The zero-order chi connectivity index (χ0) is 14.4. The van der Waals surface area contributed by atoms with E-state index in [9.17, 15) is 0 Å². The minimum Gasteiger partial charge on any atom is -0.493 e. The van der Waals surface area contributed by atoms with Crippen molar-refractivity contribution in [1.82, 2.24) is 15.1 Å². The zero-order valence-corrected chi connectivity index (χ0v) is 13.2. The standard InChI is InChI=1S/C15H23N3OS/c1-4-8-16-14(13-7-6-10-20-13)15-12(19-3)11-17-18(15)9-5-2/h6-7,10-11,14,16H,4-5,8-9H2,1-3H3. The highest BCUT2D eigenvalue weighted by Gasteiger charge is 2.23. The van der Waals surface area contributed by atoms with Gasteiger partial charge in [-0.3, -0.25) is 4.68 Å². The lowest BCUT2D eigenvalue weighted by Gasteiger charge is -2.20. The minimum atomic E-state index is 0.152. The molecular weight excluding hydrogens is 270 g/mol. The number of ether oxygens (including phenoxy) is 1. The van der Waals surface area contributed by atoms with Crippen LogP contribution in [0.5, 0.6) is 5.75 Å². The van der Waals surface area contributed by atoms with E-state index in [-0.39, 0.29) is 6.04 Å². The SMILES string of the molecule is CCCNC(c1cccs1)c1c(OC)cnn1CCC. The van der Waals surface area contributed by atoms with E-state index in [4.69, 9.17) is 4.74 Å². The molecule has 0 saturated carbocycles. The van der Waals surface area contributed by atoms with Crippen molar-refractivity contribution in [2.24, 2.45) is 0 Å². The number of hydrogen-bond acceptors (Lipinski definition) is 4. The van der Waals surface area contributed by atoms with Crippen molar-refractivity contribution in [1.29, 1.82) is 0 Å². The molecule has 0 radical (unpaired) electrons. The number of nitrogens with zero attached hydrogens (tertiary/aromatic N) is 2. The third-order valence-electron chi connectivity index (χ3n) is 3.20. The van der Waals surface area contributed by atoms with Crippen LogP contribution in [0.2, 0.25) is 0 Å². The van der Waals surface area contributed by atoms with Gasteiger partial charge in [0, 0.05) is 11.4 Å². The molecule has 4 nitrogen and oxygen atoms in total. The molecule has 2 aromatic rings. The maximum atomic E-state index is 5.51. The van der Waals surface area contributed by atoms with E-state index in [0.717, 1.165) is 37.4 Å². The maximum absolute atomic E-state index is 5.51.